The molecule has 0 N–H and O–H groups in total. The monoisotopic (exact) mass is 168 g/mol. The maximum absolute atomic E-state index is 4.27. The van der Waals surface area contributed by atoms with Gasteiger partial charge in [-0.3, -0.25) is 0 Å². The molecule has 0 aliphatic heterocycles. The lowest BCUT2D eigenvalue weighted by Gasteiger charge is -2.18. The van der Waals surface area contributed by atoms with Crippen LogP contribution in [-0.2, 0) is 0 Å². The predicted octanol–water partition coefficient (Wildman–Crippen LogP) is 3.59. The van der Waals surface area contributed by atoms with Crippen LogP contribution in [0.1, 0.15) is 41.0 Å². The van der Waals surface area contributed by atoms with Gasteiger partial charge in [0, 0.05) is 0 Å². The lowest BCUT2D eigenvalue weighted by atomic mass is 10.0. The normalized spacial score (nSPS) is 13.8. The molecule has 12 heavy (non-hydrogen) atoms. The van der Waals surface area contributed by atoms with E-state index in [2.05, 4.69) is 37.6 Å². The highest BCUT2D eigenvalue weighted by Gasteiger charge is 2.16. The van der Waals surface area contributed by atoms with Gasteiger partial charge in [0.1, 0.15) is 0 Å². The van der Waals surface area contributed by atoms with Crippen LogP contribution in [0, 0.1) is 0 Å². The van der Waals surface area contributed by atoms with Crippen molar-refractivity contribution in [3.63, 3.8) is 0 Å². The molecular weight excluding hydrogens is 148 g/mol. The quantitative estimate of drug-likeness (QED) is 0.452. The maximum atomic E-state index is 4.27. The average molecular weight is 168 g/mol. The third kappa shape index (κ3) is 4.27. The Bertz CT molecular complexity index is 178. The molecule has 0 aromatic heterocycles. The van der Waals surface area contributed by atoms with Crippen LogP contribution in [0.5, 0.6) is 0 Å². The van der Waals surface area contributed by atoms with Gasteiger partial charge in [0.05, 0.1) is 11.1 Å². The number of hydrogen-bond acceptors (Lipinski definition) is 2. The van der Waals surface area contributed by atoms with Crippen molar-refractivity contribution in [2.24, 2.45) is 10.2 Å². The molecule has 2 nitrogen and oxygen atoms in total. The van der Waals surface area contributed by atoms with E-state index < -0.39 is 0 Å². The van der Waals surface area contributed by atoms with Crippen LogP contribution < -0.4 is 0 Å². The Labute approximate surface area is 75.8 Å². The van der Waals surface area contributed by atoms with Crippen LogP contribution in [0.25, 0.3) is 0 Å². The first-order chi connectivity index (χ1) is 5.33. The van der Waals surface area contributed by atoms with E-state index in [1.807, 2.05) is 19.9 Å². The molecule has 2 heteroatoms. The molecule has 0 radical (unpaired) electrons. The van der Waals surface area contributed by atoms with Gasteiger partial charge in [0.15, 0.2) is 0 Å². The highest BCUT2D eigenvalue weighted by Crippen LogP contribution is 2.18. The van der Waals surface area contributed by atoms with Crippen molar-refractivity contribution in [3.05, 3.63) is 12.7 Å². The van der Waals surface area contributed by atoms with Gasteiger partial charge < -0.3 is 0 Å². The van der Waals surface area contributed by atoms with Gasteiger partial charge in [-0.15, -0.1) is 6.58 Å². The van der Waals surface area contributed by atoms with Crippen molar-refractivity contribution in [3.8, 4) is 0 Å². The van der Waals surface area contributed by atoms with Crippen LogP contribution in [0.4, 0.5) is 0 Å². The van der Waals surface area contributed by atoms with Gasteiger partial charge in [0.2, 0.25) is 0 Å². The second-order valence-electron chi connectivity index (χ2n) is 4.22. The van der Waals surface area contributed by atoms with Crippen LogP contribution in [0.3, 0.4) is 0 Å². The first-order valence-corrected chi connectivity index (χ1v) is 4.40. The van der Waals surface area contributed by atoms with Gasteiger partial charge >= 0.3 is 0 Å². The second-order valence-corrected chi connectivity index (χ2v) is 4.22. The number of hydrogen-bond donors (Lipinski definition) is 0. The van der Waals surface area contributed by atoms with Gasteiger partial charge in [-0.25, -0.2) is 0 Å². The van der Waals surface area contributed by atoms with Crippen molar-refractivity contribution in [1.82, 2.24) is 0 Å². The first kappa shape index (κ1) is 11.3. The molecule has 0 heterocycles. The van der Waals surface area contributed by atoms with E-state index in [0.29, 0.717) is 0 Å². The highest BCUT2D eigenvalue weighted by atomic mass is 15.2. The van der Waals surface area contributed by atoms with Gasteiger partial charge in [-0.05, 0) is 34.1 Å². The number of azo groups is 1. The number of nitrogens with zero attached hydrogens (tertiary/aromatic N) is 2. The van der Waals surface area contributed by atoms with Crippen molar-refractivity contribution < 1.29 is 0 Å². The van der Waals surface area contributed by atoms with Crippen LogP contribution >= 0.6 is 0 Å². The highest BCUT2D eigenvalue weighted by molar-refractivity contribution is 4.95. The molecule has 70 valence electrons. The molecule has 0 amide bonds. The minimum Gasteiger partial charge on any atom is -0.187 e. The predicted molar refractivity (Wildman–Crippen MR) is 53.5 cm³/mol. The van der Waals surface area contributed by atoms with Crippen molar-refractivity contribution in [2.45, 2.75) is 52.1 Å². The van der Waals surface area contributed by atoms with Gasteiger partial charge in [-0.1, -0.05) is 13.0 Å². The van der Waals surface area contributed by atoms with Crippen molar-refractivity contribution in [2.75, 3.05) is 0 Å². The zero-order valence-corrected chi connectivity index (χ0v) is 8.89. The molecule has 0 bridgehead atoms. The van der Waals surface area contributed by atoms with Crippen LogP contribution in [-0.4, -0.2) is 11.1 Å². The third-order valence-electron chi connectivity index (χ3n) is 1.94. The minimum absolute atomic E-state index is 0.0414. The Morgan fingerprint density at radius 3 is 2.00 bits per heavy atom. The molecule has 0 atom stereocenters. The largest absolute Gasteiger partial charge is 0.187 e. The minimum atomic E-state index is -0.230. The average Bonchev–Trinajstić information content (AvgIpc) is 2.02. The Morgan fingerprint density at radius 2 is 1.67 bits per heavy atom. The Hall–Kier alpha value is -0.660. The summed E-state index contributed by atoms with van der Waals surface area (Å²) in [6, 6.07) is 0. The summed E-state index contributed by atoms with van der Waals surface area (Å²) in [4.78, 5) is 0. The van der Waals surface area contributed by atoms with Gasteiger partial charge in [-0.2, -0.15) is 10.2 Å². The fraction of sp³-hybridized carbons (Fsp3) is 0.800. The van der Waals surface area contributed by atoms with E-state index in [1.54, 1.807) is 0 Å². The lowest BCUT2D eigenvalue weighted by molar-refractivity contribution is 0.444. The van der Waals surface area contributed by atoms with E-state index in [0.717, 1.165) is 6.42 Å². The molecule has 0 aliphatic rings. The summed E-state index contributed by atoms with van der Waals surface area (Å²) in [6.07, 6.45) is 2.81. The van der Waals surface area contributed by atoms with Gasteiger partial charge in [0.25, 0.3) is 0 Å². The molecule has 0 saturated carbocycles. The van der Waals surface area contributed by atoms with Crippen molar-refractivity contribution in [1.29, 1.82) is 0 Å². The van der Waals surface area contributed by atoms with E-state index in [4.69, 9.17) is 0 Å². The zero-order valence-electron chi connectivity index (χ0n) is 8.89. The first-order valence-electron chi connectivity index (χ1n) is 4.40. The van der Waals surface area contributed by atoms with Crippen molar-refractivity contribution >= 4 is 0 Å². The molecule has 0 aromatic rings. The summed E-state index contributed by atoms with van der Waals surface area (Å²) in [5.74, 6) is 0. The zero-order chi connectivity index (χ0) is 9.83. The smallest absolute Gasteiger partial charge is 0.0937 e. The van der Waals surface area contributed by atoms with E-state index in [1.165, 1.54) is 0 Å². The van der Waals surface area contributed by atoms with E-state index in [-0.39, 0.29) is 11.1 Å². The summed E-state index contributed by atoms with van der Waals surface area (Å²) in [5, 5.41) is 8.49. The maximum Gasteiger partial charge on any atom is 0.0937 e. The summed E-state index contributed by atoms with van der Waals surface area (Å²) >= 11 is 0. The Kier molecular flexibility index (Phi) is 3.62. The Morgan fingerprint density at radius 1 is 1.17 bits per heavy atom. The topological polar surface area (TPSA) is 24.7 Å². The molecule has 0 aliphatic carbocycles. The van der Waals surface area contributed by atoms with E-state index >= 15 is 0 Å². The molecule has 0 rings (SSSR count). The summed E-state index contributed by atoms with van der Waals surface area (Å²) in [7, 11) is 0. The van der Waals surface area contributed by atoms with Crippen LogP contribution in [0.2, 0.25) is 0 Å². The summed E-state index contributed by atoms with van der Waals surface area (Å²) < 4.78 is 0. The standard InChI is InChI=1S/C10H20N2/c1-7-9(3,4)11-12-10(5,6)8-2/h7H,1,8H2,2-6H3. The molecule has 0 unspecified atom stereocenters. The molecule has 0 aromatic carbocycles. The fourth-order valence-electron chi connectivity index (χ4n) is 0.376. The SMILES string of the molecule is C=CC(C)(C)N=NC(C)(C)CC. The second kappa shape index (κ2) is 3.83. The van der Waals surface area contributed by atoms with E-state index in [9.17, 15) is 0 Å². The Balaban J connectivity index is 4.33. The third-order valence-corrected chi connectivity index (χ3v) is 1.94. The molecular formula is C10H20N2. The summed E-state index contributed by atoms with van der Waals surface area (Å²) in [6.45, 7) is 14.0. The molecule has 0 saturated heterocycles. The summed E-state index contributed by atoms with van der Waals surface area (Å²) in [5.41, 5.74) is -0.271. The van der Waals surface area contributed by atoms with Crippen LogP contribution in [0.15, 0.2) is 22.9 Å². The number of rotatable bonds is 4. The molecule has 0 spiro atoms. The lowest BCUT2D eigenvalue weighted by Crippen LogP contribution is -2.17. The molecule has 0 fully saturated rings. The fourth-order valence-corrected chi connectivity index (χ4v) is 0.376.